The Hall–Kier alpha value is -2.29. The molecule has 0 saturated carbocycles. The number of rotatable bonds is 7. The van der Waals surface area contributed by atoms with Crippen LogP contribution in [0.1, 0.15) is 5.56 Å². The topological polar surface area (TPSA) is 69.7 Å². The van der Waals surface area contributed by atoms with Crippen LogP contribution in [0.3, 0.4) is 0 Å². The average molecular weight is 425 g/mol. The molecular weight excluding hydrogens is 408 g/mol. The van der Waals surface area contributed by atoms with Crippen LogP contribution in [0.5, 0.6) is 17.2 Å². The van der Waals surface area contributed by atoms with Crippen molar-refractivity contribution in [2.45, 2.75) is 6.42 Å². The van der Waals surface area contributed by atoms with Gasteiger partial charge < -0.3 is 19.5 Å². The van der Waals surface area contributed by atoms with Crippen LogP contribution in [0.25, 0.3) is 10.6 Å². The predicted molar refractivity (Wildman–Crippen MR) is 109 cm³/mol. The van der Waals surface area contributed by atoms with Crippen LogP contribution in [-0.2, 0) is 11.2 Å². The van der Waals surface area contributed by atoms with E-state index in [0.717, 1.165) is 16.1 Å². The first-order valence-corrected chi connectivity index (χ1v) is 9.91. The summed E-state index contributed by atoms with van der Waals surface area (Å²) in [5, 5.41) is 5.24. The van der Waals surface area contributed by atoms with Crippen LogP contribution < -0.4 is 19.5 Å². The molecular formula is C18H17ClN2O4S2. The molecule has 0 spiro atoms. The Labute approximate surface area is 169 Å². The number of methoxy groups -OCH3 is 3. The van der Waals surface area contributed by atoms with E-state index < -0.39 is 0 Å². The average Bonchev–Trinajstić information content (AvgIpc) is 3.29. The van der Waals surface area contributed by atoms with Gasteiger partial charge in [0.25, 0.3) is 0 Å². The lowest BCUT2D eigenvalue weighted by Crippen LogP contribution is -2.14. The van der Waals surface area contributed by atoms with E-state index in [0.29, 0.717) is 26.7 Å². The molecule has 2 heterocycles. The first-order chi connectivity index (χ1) is 13.0. The minimum absolute atomic E-state index is 0.149. The number of carbonyl (C=O) groups is 1. The SMILES string of the molecule is COc1cc(CC(=O)Nc2nc(-c3ccc(Cl)s3)cs2)cc(OC)c1OC. The Balaban J connectivity index is 1.72. The lowest BCUT2D eigenvalue weighted by atomic mass is 10.1. The molecule has 2 aromatic heterocycles. The number of amides is 1. The molecule has 9 heteroatoms. The van der Waals surface area contributed by atoms with E-state index in [-0.39, 0.29) is 12.3 Å². The number of thiazole rings is 1. The van der Waals surface area contributed by atoms with Gasteiger partial charge in [0, 0.05) is 5.38 Å². The summed E-state index contributed by atoms with van der Waals surface area (Å²) >= 11 is 8.77. The molecule has 6 nitrogen and oxygen atoms in total. The normalized spacial score (nSPS) is 10.5. The molecule has 0 fully saturated rings. The van der Waals surface area contributed by atoms with E-state index in [1.54, 1.807) is 12.1 Å². The number of benzene rings is 1. The Kier molecular flexibility index (Phi) is 6.20. The number of ether oxygens (including phenoxy) is 3. The maximum absolute atomic E-state index is 12.4. The van der Waals surface area contributed by atoms with Crippen molar-refractivity contribution in [2.24, 2.45) is 0 Å². The number of aromatic nitrogens is 1. The van der Waals surface area contributed by atoms with Crippen LogP contribution in [0.4, 0.5) is 5.13 Å². The third-order valence-corrected chi connectivity index (χ3v) is 5.68. The fourth-order valence-electron chi connectivity index (χ4n) is 2.48. The molecule has 0 bridgehead atoms. The fraction of sp³-hybridized carbons (Fsp3) is 0.222. The molecule has 1 aromatic carbocycles. The number of halogens is 1. The first-order valence-electron chi connectivity index (χ1n) is 7.84. The molecule has 27 heavy (non-hydrogen) atoms. The zero-order chi connectivity index (χ0) is 19.4. The molecule has 3 rings (SSSR count). The van der Waals surface area contributed by atoms with Gasteiger partial charge in [-0.1, -0.05) is 11.6 Å². The quantitative estimate of drug-likeness (QED) is 0.593. The van der Waals surface area contributed by atoms with Crippen molar-refractivity contribution in [1.29, 1.82) is 0 Å². The van der Waals surface area contributed by atoms with Gasteiger partial charge in [0.15, 0.2) is 16.6 Å². The van der Waals surface area contributed by atoms with E-state index in [4.69, 9.17) is 25.8 Å². The number of nitrogens with zero attached hydrogens (tertiary/aromatic N) is 1. The highest BCUT2D eigenvalue weighted by Crippen LogP contribution is 2.38. The maximum atomic E-state index is 12.4. The molecule has 142 valence electrons. The largest absolute Gasteiger partial charge is 0.493 e. The smallest absolute Gasteiger partial charge is 0.230 e. The predicted octanol–water partition coefficient (Wildman–Crippen LogP) is 4.73. The summed E-state index contributed by atoms with van der Waals surface area (Å²) in [7, 11) is 4.61. The monoisotopic (exact) mass is 424 g/mol. The molecule has 0 aliphatic heterocycles. The van der Waals surface area contributed by atoms with Gasteiger partial charge in [0.05, 0.1) is 42.7 Å². The lowest BCUT2D eigenvalue weighted by molar-refractivity contribution is -0.115. The summed E-state index contributed by atoms with van der Waals surface area (Å²) in [6.45, 7) is 0. The number of hydrogen-bond donors (Lipinski definition) is 1. The molecule has 3 aromatic rings. The van der Waals surface area contributed by atoms with E-state index >= 15 is 0 Å². The van der Waals surface area contributed by atoms with Crippen LogP contribution >= 0.6 is 34.3 Å². The van der Waals surface area contributed by atoms with Gasteiger partial charge in [-0.05, 0) is 29.8 Å². The Morgan fingerprint density at radius 1 is 1.15 bits per heavy atom. The second-order valence-electron chi connectivity index (χ2n) is 5.40. The molecule has 0 unspecified atom stereocenters. The summed E-state index contributed by atoms with van der Waals surface area (Å²) in [6.07, 6.45) is 0.149. The molecule has 0 radical (unpaired) electrons. The van der Waals surface area contributed by atoms with E-state index in [1.807, 2.05) is 17.5 Å². The molecule has 0 aliphatic rings. The van der Waals surface area contributed by atoms with Gasteiger partial charge >= 0.3 is 0 Å². The van der Waals surface area contributed by atoms with Crippen LogP contribution in [0, 0.1) is 0 Å². The Morgan fingerprint density at radius 2 is 1.85 bits per heavy atom. The van der Waals surface area contributed by atoms with Gasteiger partial charge in [0.1, 0.15) is 0 Å². The van der Waals surface area contributed by atoms with Gasteiger partial charge in [-0.3, -0.25) is 4.79 Å². The summed E-state index contributed by atoms with van der Waals surface area (Å²) in [5.74, 6) is 1.31. The molecule has 1 amide bonds. The van der Waals surface area contributed by atoms with Crippen molar-refractivity contribution < 1.29 is 19.0 Å². The third-order valence-electron chi connectivity index (χ3n) is 3.67. The Bertz CT molecular complexity index is 929. The number of hydrogen-bond acceptors (Lipinski definition) is 7. The van der Waals surface area contributed by atoms with Crippen LogP contribution in [0.2, 0.25) is 4.34 Å². The highest BCUT2D eigenvalue weighted by molar-refractivity contribution is 7.20. The maximum Gasteiger partial charge on any atom is 0.230 e. The van der Waals surface area contributed by atoms with Crippen LogP contribution in [0.15, 0.2) is 29.6 Å². The molecule has 1 N–H and O–H groups in total. The van der Waals surface area contributed by atoms with Gasteiger partial charge in [-0.25, -0.2) is 4.98 Å². The van der Waals surface area contributed by atoms with Crippen molar-refractivity contribution >= 4 is 45.3 Å². The number of thiophene rings is 1. The summed E-state index contributed by atoms with van der Waals surface area (Å²) in [4.78, 5) is 17.8. The second-order valence-corrected chi connectivity index (χ2v) is 7.97. The zero-order valence-corrected chi connectivity index (χ0v) is 17.3. The summed E-state index contributed by atoms with van der Waals surface area (Å²) < 4.78 is 16.6. The van der Waals surface area contributed by atoms with E-state index in [2.05, 4.69) is 10.3 Å². The third kappa shape index (κ3) is 4.52. The van der Waals surface area contributed by atoms with Gasteiger partial charge in [-0.2, -0.15) is 0 Å². The number of carbonyl (C=O) groups excluding carboxylic acids is 1. The molecule has 0 aliphatic carbocycles. The highest BCUT2D eigenvalue weighted by Gasteiger charge is 2.16. The zero-order valence-electron chi connectivity index (χ0n) is 14.9. The standard InChI is InChI=1S/C18H17ClN2O4S2/c1-23-12-6-10(7-13(24-2)17(12)25-3)8-16(22)21-18-20-11(9-26-18)14-4-5-15(19)27-14/h4-7,9H,8H2,1-3H3,(H,20,21,22). The molecule has 0 saturated heterocycles. The Morgan fingerprint density at radius 3 is 2.41 bits per heavy atom. The lowest BCUT2D eigenvalue weighted by Gasteiger charge is -2.13. The summed E-state index contributed by atoms with van der Waals surface area (Å²) in [5.41, 5.74) is 1.53. The minimum atomic E-state index is -0.186. The number of nitrogens with one attached hydrogen (secondary N) is 1. The molecule has 0 atom stereocenters. The van der Waals surface area contributed by atoms with E-state index in [1.165, 1.54) is 44.0 Å². The fourth-order valence-corrected chi connectivity index (χ4v) is 4.29. The highest BCUT2D eigenvalue weighted by atomic mass is 35.5. The van der Waals surface area contributed by atoms with Crippen molar-refractivity contribution in [3.63, 3.8) is 0 Å². The summed E-state index contributed by atoms with van der Waals surface area (Å²) in [6, 6.07) is 7.23. The van der Waals surface area contributed by atoms with E-state index in [9.17, 15) is 4.79 Å². The minimum Gasteiger partial charge on any atom is -0.493 e. The van der Waals surface area contributed by atoms with Crippen molar-refractivity contribution in [3.05, 3.63) is 39.5 Å². The second kappa shape index (κ2) is 8.60. The van der Waals surface area contributed by atoms with Crippen LogP contribution in [-0.4, -0.2) is 32.2 Å². The first kappa shape index (κ1) is 19.5. The van der Waals surface area contributed by atoms with Gasteiger partial charge in [-0.15, -0.1) is 22.7 Å². The van der Waals surface area contributed by atoms with Crippen molar-refractivity contribution in [2.75, 3.05) is 26.6 Å². The van der Waals surface area contributed by atoms with Gasteiger partial charge in [0.2, 0.25) is 11.7 Å². The van der Waals surface area contributed by atoms with Crippen molar-refractivity contribution in [3.8, 4) is 27.8 Å². The number of anilines is 1. The van der Waals surface area contributed by atoms with Crippen molar-refractivity contribution in [1.82, 2.24) is 4.98 Å².